The Kier molecular flexibility index (Phi) is 7.72. The van der Waals surface area contributed by atoms with E-state index in [2.05, 4.69) is 48.5 Å². The largest absolute Gasteiger partial charge is 0.465 e. The molecule has 1 atom stereocenters. The Hall–Kier alpha value is -4.19. The molecule has 1 unspecified atom stereocenters. The predicted molar refractivity (Wildman–Crippen MR) is 163 cm³/mol. The van der Waals surface area contributed by atoms with Crippen molar-refractivity contribution in [3.05, 3.63) is 101 Å². The number of esters is 1. The van der Waals surface area contributed by atoms with Gasteiger partial charge in [-0.15, -0.1) is 0 Å². The van der Waals surface area contributed by atoms with Crippen molar-refractivity contribution in [2.24, 2.45) is 5.92 Å². The van der Waals surface area contributed by atoms with Gasteiger partial charge in [-0.05, 0) is 67.7 Å². The van der Waals surface area contributed by atoms with Crippen LogP contribution >= 0.6 is 0 Å². The van der Waals surface area contributed by atoms with Crippen LogP contribution in [0.2, 0.25) is 0 Å². The highest BCUT2D eigenvalue weighted by atomic mass is 16.5. The number of nitrogens with zero attached hydrogens (tertiary/aromatic N) is 2. The molecule has 1 heterocycles. The number of benzene rings is 3. The molecule has 0 radical (unpaired) electrons. The van der Waals surface area contributed by atoms with Crippen LogP contribution in [0.5, 0.6) is 0 Å². The van der Waals surface area contributed by atoms with Crippen LogP contribution in [0, 0.1) is 12.8 Å². The molecule has 4 aromatic rings. The summed E-state index contributed by atoms with van der Waals surface area (Å²) in [5.41, 5.74) is 6.63. The van der Waals surface area contributed by atoms with E-state index in [0.29, 0.717) is 25.5 Å². The summed E-state index contributed by atoms with van der Waals surface area (Å²) in [6.45, 7) is 7.50. The standard InChI is InChI=1S/C36H38N2O4/c1-4-41-35(40)36(20-21-36)31-18-16-28(17-19-31)27-10-12-29(13-11-27)33-32(25(3)37-42-33)23-38(34(39)30-14-15-30)22-24(2)26-8-6-5-7-9-26/h5-13,16-19,24,30H,4,14-15,20-23H2,1-3H3. The highest BCUT2D eigenvalue weighted by Crippen LogP contribution is 2.49. The van der Waals surface area contributed by atoms with Gasteiger partial charge in [0, 0.05) is 23.6 Å². The van der Waals surface area contributed by atoms with Gasteiger partial charge in [-0.25, -0.2) is 0 Å². The van der Waals surface area contributed by atoms with Crippen molar-refractivity contribution in [1.82, 2.24) is 10.1 Å². The summed E-state index contributed by atoms with van der Waals surface area (Å²) in [7, 11) is 0. The molecule has 2 aliphatic carbocycles. The second kappa shape index (κ2) is 11.6. The van der Waals surface area contributed by atoms with Gasteiger partial charge in [0.05, 0.1) is 24.3 Å². The molecule has 2 aliphatic rings. The number of carbonyl (C=O) groups is 2. The molecule has 0 saturated heterocycles. The van der Waals surface area contributed by atoms with Crippen LogP contribution in [0.4, 0.5) is 0 Å². The molecule has 6 nitrogen and oxygen atoms in total. The molecule has 0 spiro atoms. The van der Waals surface area contributed by atoms with Crippen molar-refractivity contribution in [2.75, 3.05) is 13.2 Å². The molecular formula is C36H38N2O4. The van der Waals surface area contributed by atoms with E-state index in [1.165, 1.54) is 5.56 Å². The van der Waals surface area contributed by atoms with Gasteiger partial charge in [0.2, 0.25) is 5.91 Å². The molecule has 2 fully saturated rings. The van der Waals surface area contributed by atoms with Gasteiger partial charge in [0.1, 0.15) is 0 Å². The molecule has 0 aliphatic heterocycles. The molecule has 2 saturated carbocycles. The molecule has 0 bridgehead atoms. The maximum Gasteiger partial charge on any atom is 0.316 e. The van der Waals surface area contributed by atoms with E-state index in [1.807, 2.05) is 61.2 Å². The lowest BCUT2D eigenvalue weighted by Gasteiger charge is -2.26. The zero-order chi connectivity index (χ0) is 29.3. The summed E-state index contributed by atoms with van der Waals surface area (Å²) in [4.78, 5) is 27.8. The lowest BCUT2D eigenvalue weighted by Crippen LogP contribution is -2.35. The highest BCUT2D eigenvalue weighted by Gasteiger charge is 2.52. The van der Waals surface area contributed by atoms with E-state index in [-0.39, 0.29) is 23.7 Å². The van der Waals surface area contributed by atoms with Crippen molar-refractivity contribution >= 4 is 11.9 Å². The minimum atomic E-state index is -0.466. The summed E-state index contributed by atoms with van der Waals surface area (Å²) in [6, 6.07) is 26.9. The normalized spacial score (nSPS) is 16.1. The van der Waals surface area contributed by atoms with Gasteiger partial charge in [-0.1, -0.05) is 90.9 Å². The third-order valence-electron chi connectivity index (χ3n) is 8.77. The average Bonchev–Trinajstić information content (AvgIpc) is 3.96. The number of hydrogen-bond donors (Lipinski definition) is 0. The van der Waals surface area contributed by atoms with Crippen LogP contribution in [0.1, 0.15) is 67.8 Å². The summed E-state index contributed by atoms with van der Waals surface area (Å²) in [5.74, 6) is 1.16. The zero-order valence-electron chi connectivity index (χ0n) is 24.6. The number of ether oxygens (including phenoxy) is 1. The first-order valence-corrected chi connectivity index (χ1v) is 15.1. The predicted octanol–water partition coefficient (Wildman–Crippen LogP) is 7.45. The van der Waals surface area contributed by atoms with Crippen molar-refractivity contribution in [1.29, 1.82) is 0 Å². The Morgan fingerprint density at radius 2 is 1.57 bits per heavy atom. The van der Waals surface area contributed by atoms with Gasteiger partial charge >= 0.3 is 5.97 Å². The van der Waals surface area contributed by atoms with Gasteiger partial charge < -0.3 is 14.2 Å². The first-order chi connectivity index (χ1) is 20.4. The highest BCUT2D eigenvalue weighted by molar-refractivity contribution is 5.87. The van der Waals surface area contributed by atoms with E-state index in [1.54, 1.807) is 0 Å². The molecule has 3 aromatic carbocycles. The number of rotatable bonds is 11. The summed E-state index contributed by atoms with van der Waals surface area (Å²) in [6.07, 6.45) is 3.62. The monoisotopic (exact) mass is 562 g/mol. The Labute approximate surface area is 247 Å². The fourth-order valence-corrected chi connectivity index (χ4v) is 5.83. The first kappa shape index (κ1) is 28.0. The van der Waals surface area contributed by atoms with E-state index < -0.39 is 5.41 Å². The van der Waals surface area contributed by atoms with Gasteiger partial charge in [0.15, 0.2) is 5.76 Å². The molecule has 216 valence electrons. The van der Waals surface area contributed by atoms with E-state index >= 15 is 0 Å². The van der Waals surface area contributed by atoms with E-state index in [0.717, 1.165) is 59.2 Å². The number of aryl methyl sites for hydroxylation is 1. The first-order valence-electron chi connectivity index (χ1n) is 15.1. The SMILES string of the molecule is CCOC(=O)C1(c2ccc(-c3ccc(-c4onc(C)c4CN(CC(C)c4ccccc4)C(=O)C4CC4)cc3)cc2)CC1. The second-order valence-electron chi connectivity index (χ2n) is 11.8. The zero-order valence-corrected chi connectivity index (χ0v) is 24.6. The second-order valence-corrected chi connectivity index (χ2v) is 11.8. The molecule has 42 heavy (non-hydrogen) atoms. The molecule has 6 rings (SSSR count). The molecule has 6 heteroatoms. The Morgan fingerprint density at radius 3 is 2.17 bits per heavy atom. The Bertz CT molecular complexity index is 1550. The van der Waals surface area contributed by atoms with Crippen LogP contribution in [0.15, 0.2) is 83.4 Å². The fraction of sp³-hybridized carbons (Fsp3) is 0.361. The lowest BCUT2D eigenvalue weighted by molar-refractivity contribution is -0.146. The topological polar surface area (TPSA) is 72.6 Å². The minimum Gasteiger partial charge on any atom is -0.465 e. The third kappa shape index (κ3) is 5.63. The number of carbonyl (C=O) groups excluding carboxylic acids is 2. The van der Waals surface area contributed by atoms with Crippen molar-refractivity contribution in [3.63, 3.8) is 0 Å². The number of aromatic nitrogens is 1. The van der Waals surface area contributed by atoms with Crippen LogP contribution in [0.3, 0.4) is 0 Å². The Morgan fingerprint density at radius 1 is 0.952 bits per heavy atom. The molecule has 0 N–H and O–H groups in total. The van der Waals surface area contributed by atoms with E-state index in [9.17, 15) is 9.59 Å². The summed E-state index contributed by atoms with van der Waals surface area (Å²) >= 11 is 0. The van der Waals surface area contributed by atoms with Crippen LogP contribution < -0.4 is 0 Å². The number of hydrogen-bond acceptors (Lipinski definition) is 5. The summed E-state index contributed by atoms with van der Waals surface area (Å²) in [5, 5.41) is 4.30. The summed E-state index contributed by atoms with van der Waals surface area (Å²) < 4.78 is 11.2. The molecular weight excluding hydrogens is 524 g/mol. The van der Waals surface area contributed by atoms with Crippen molar-refractivity contribution < 1.29 is 18.8 Å². The minimum absolute atomic E-state index is 0.118. The molecule has 1 amide bonds. The molecule has 1 aromatic heterocycles. The maximum atomic E-state index is 13.4. The van der Waals surface area contributed by atoms with Gasteiger partial charge in [0.25, 0.3) is 0 Å². The quantitative estimate of drug-likeness (QED) is 0.178. The maximum absolute atomic E-state index is 13.4. The Balaban J connectivity index is 1.20. The fourth-order valence-electron chi connectivity index (χ4n) is 5.83. The van der Waals surface area contributed by atoms with E-state index in [4.69, 9.17) is 9.26 Å². The van der Waals surface area contributed by atoms with Crippen LogP contribution in [-0.4, -0.2) is 35.1 Å². The van der Waals surface area contributed by atoms with Gasteiger partial charge in [-0.2, -0.15) is 0 Å². The van der Waals surface area contributed by atoms with Gasteiger partial charge in [-0.3, -0.25) is 9.59 Å². The average molecular weight is 563 g/mol. The number of amides is 1. The lowest BCUT2D eigenvalue weighted by atomic mass is 9.93. The van der Waals surface area contributed by atoms with Crippen molar-refractivity contribution in [2.45, 2.75) is 64.3 Å². The smallest absolute Gasteiger partial charge is 0.316 e. The third-order valence-corrected chi connectivity index (χ3v) is 8.77. The van der Waals surface area contributed by atoms with Crippen molar-refractivity contribution in [3.8, 4) is 22.5 Å². The van der Waals surface area contributed by atoms with Crippen LogP contribution in [0.25, 0.3) is 22.5 Å². The van der Waals surface area contributed by atoms with Crippen LogP contribution in [-0.2, 0) is 26.3 Å².